The van der Waals surface area contributed by atoms with Crippen molar-refractivity contribution in [3.8, 4) is 0 Å². The van der Waals surface area contributed by atoms with Crippen molar-refractivity contribution in [2.24, 2.45) is 0 Å². The van der Waals surface area contributed by atoms with E-state index in [2.05, 4.69) is 25.5 Å². The first-order valence-corrected chi connectivity index (χ1v) is 10.4. The fourth-order valence-electron chi connectivity index (χ4n) is 2.62. The Morgan fingerprint density at radius 3 is 2.86 bits per heavy atom. The van der Waals surface area contributed by atoms with Gasteiger partial charge in [-0.1, -0.05) is 35.2 Å². The van der Waals surface area contributed by atoms with Crippen molar-refractivity contribution in [3.63, 3.8) is 0 Å². The molecule has 148 valence electrons. The molecule has 0 atom stereocenters. The van der Waals surface area contributed by atoms with E-state index in [4.69, 9.17) is 0 Å². The van der Waals surface area contributed by atoms with Gasteiger partial charge >= 0.3 is 0 Å². The van der Waals surface area contributed by atoms with E-state index >= 15 is 0 Å². The molecule has 4 rings (SSSR count). The van der Waals surface area contributed by atoms with Gasteiger partial charge in [0.1, 0.15) is 11.0 Å². The maximum atomic E-state index is 12.3. The first-order chi connectivity index (χ1) is 13.9. The highest BCUT2D eigenvalue weighted by atomic mass is 32.2. The number of fused-ring (bicyclic) bond motifs is 3. The highest BCUT2D eigenvalue weighted by Gasteiger charge is 2.16. The Bertz CT molecular complexity index is 1230. The molecule has 3 heterocycles. The van der Waals surface area contributed by atoms with Gasteiger partial charge in [-0.3, -0.25) is 14.0 Å². The molecule has 11 heteroatoms. The number of ketones is 1. The second-order valence-electron chi connectivity index (χ2n) is 6.44. The summed E-state index contributed by atoms with van der Waals surface area (Å²) < 4.78 is 2.61. The zero-order valence-corrected chi connectivity index (χ0v) is 17.5. The zero-order valence-electron chi connectivity index (χ0n) is 15.9. The largest absolute Gasteiger partial charge is 0.354 e. The Morgan fingerprint density at radius 2 is 2.10 bits per heavy atom. The maximum absolute atomic E-state index is 12.3. The van der Waals surface area contributed by atoms with Crippen LogP contribution in [0.1, 0.15) is 17.3 Å². The third-order valence-corrected chi connectivity index (χ3v) is 6.18. The number of carbonyl (C=O) groups excluding carboxylic acids is 2. The van der Waals surface area contributed by atoms with Crippen LogP contribution in [0.4, 0.5) is 10.8 Å². The number of hydrogen-bond acceptors (Lipinski definition) is 9. The van der Waals surface area contributed by atoms with Crippen LogP contribution in [0.5, 0.6) is 0 Å². The molecular formula is C18H17N7O2S2. The molecule has 1 aromatic carbocycles. The van der Waals surface area contributed by atoms with E-state index in [0.717, 1.165) is 9.83 Å². The van der Waals surface area contributed by atoms with Gasteiger partial charge in [0.25, 0.3) is 0 Å². The maximum Gasteiger partial charge on any atom is 0.234 e. The molecule has 0 saturated carbocycles. The third kappa shape index (κ3) is 3.91. The van der Waals surface area contributed by atoms with Gasteiger partial charge in [-0.25, -0.2) is 4.98 Å². The summed E-state index contributed by atoms with van der Waals surface area (Å²) in [5, 5.41) is 12.6. The summed E-state index contributed by atoms with van der Waals surface area (Å²) in [7, 11) is 3.84. The zero-order chi connectivity index (χ0) is 20.5. The number of Topliss-reactive ketones (excluding diaryl/α,β-unsaturated/α-hetero) is 1. The van der Waals surface area contributed by atoms with E-state index in [1.807, 2.05) is 19.0 Å². The van der Waals surface area contributed by atoms with Gasteiger partial charge in [0.2, 0.25) is 5.91 Å². The number of rotatable bonds is 6. The lowest BCUT2D eigenvalue weighted by Crippen LogP contribution is -2.14. The first kappa shape index (κ1) is 19.3. The van der Waals surface area contributed by atoms with Gasteiger partial charge in [0.05, 0.1) is 5.75 Å². The van der Waals surface area contributed by atoms with Gasteiger partial charge in [-0.05, 0) is 19.1 Å². The first-order valence-electron chi connectivity index (χ1n) is 8.63. The molecule has 3 aromatic heterocycles. The average Bonchev–Trinajstić information content (AvgIpc) is 3.30. The van der Waals surface area contributed by atoms with Gasteiger partial charge in [-0.15, -0.1) is 10.2 Å². The van der Waals surface area contributed by atoms with E-state index in [-0.39, 0.29) is 17.4 Å². The quantitative estimate of drug-likeness (QED) is 0.370. The van der Waals surface area contributed by atoms with Gasteiger partial charge in [0.15, 0.2) is 27.4 Å². The smallest absolute Gasteiger partial charge is 0.234 e. The van der Waals surface area contributed by atoms with E-state index in [0.29, 0.717) is 27.7 Å². The van der Waals surface area contributed by atoms with Crippen LogP contribution in [0.25, 0.3) is 16.0 Å². The minimum atomic E-state index is -0.200. The lowest BCUT2D eigenvalue weighted by molar-refractivity contribution is -0.113. The number of thiazole rings is 1. The highest BCUT2D eigenvalue weighted by molar-refractivity contribution is 7.99. The SMILES string of the molecule is CC(=O)c1cccc(NC(=O)CSc2nnc3c4sc(N(C)C)nc4ncn23)c1. The summed E-state index contributed by atoms with van der Waals surface area (Å²) in [6.45, 7) is 1.49. The topological polar surface area (TPSA) is 105 Å². The molecule has 0 aliphatic rings. The molecule has 29 heavy (non-hydrogen) atoms. The molecule has 4 aromatic rings. The van der Waals surface area contributed by atoms with Crippen LogP contribution >= 0.6 is 23.1 Å². The number of thioether (sulfide) groups is 1. The Labute approximate surface area is 174 Å². The van der Waals surface area contributed by atoms with Crippen molar-refractivity contribution in [3.05, 3.63) is 36.2 Å². The van der Waals surface area contributed by atoms with Crippen molar-refractivity contribution >= 4 is 61.6 Å². The van der Waals surface area contributed by atoms with Crippen LogP contribution in [0.3, 0.4) is 0 Å². The molecule has 0 bridgehead atoms. The molecule has 9 nitrogen and oxygen atoms in total. The third-order valence-electron chi connectivity index (χ3n) is 4.03. The van der Waals surface area contributed by atoms with Crippen LogP contribution < -0.4 is 10.2 Å². The fraction of sp³-hybridized carbons (Fsp3) is 0.222. The van der Waals surface area contributed by atoms with Crippen molar-refractivity contribution in [2.45, 2.75) is 12.1 Å². The van der Waals surface area contributed by atoms with E-state index in [1.165, 1.54) is 30.0 Å². The predicted octanol–water partition coefficient (Wildman–Crippen LogP) is 2.73. The molecule has 1 amide bonds. The number of aromatic nitrogens is 5. The summed E-state index contributed by atoms with van der Waals surface area (Å²) >= 11 is 2.75. The van der Waals surface area contributed by atoms with E-state index in [1.54, 1.807) is 35.0 Å². The molecule has 0 saturated heterocycles. The Hall–Kier alpha value is -3.05. The van der Waals surface area contributed by atoms with Gasteiger partial charge in [-0.2, -0.15) is 4.98 Å². The van der Waals surface area contributed by atoms with Gasteiger partial charge < -0.3 is 10.2 Å². The van der Waals surface area contributed by atoms with Crippen molar-refractivity contribution in [2.75, 3.05) is 30.1 Å². The number of amides is 1. The highest BCUT2D eigenvalue weighted by Crippen LogP contribution is 2.30. The number of nitrogens with zero attached hydrogens (tertiary/aromatic N) is 6. The standard InChI is InChI=1S/C18H17N7O2S2/c1-10(26)11-5-4-6-12(7-11)20-13(27)8-28-18-23-22-16-14-15(19-9-25(16)18)21-17(29-14)24(2)3/h4-7,9H,8H2,1-3H3,(H,20,27). The summed E-state index contributed by atoms with van der Waals surface area (Å²) in [6.07, 6.45) is 1.62. The molecule has 0 aliphatic carbocycles. The molecule has 0 radical (unpaired) electrons. The lowest BCUT2D eigenvalue weighted by atomic mass is 10.1. The molecular weight excluding hydrogens is 410 g/mol. The lowest BCUT2D eigenvalue weighted by Gasteiger charge is -2.06. The second-order valence-corrected chi connectivity index (χ2v) is 8.36. The number of hydrogen-bond donors (Lipinski definition) is 1. The monoisotopic (exact) mass is 427 g/mol. The second kappa shape index (κ2) is 7.76. The van der Waals surface area contributed by atoms with E-state index in [9.17, 15) is 9.59 Å². The predicted molar refractivity (Wildman–Crippen MR) is 114 cm³/mol. The van der Waals surface area contributed by atoms with Crippen molar-refractivity contribution in [1.29, 1.82) is 0 Å². The van der Waals surface area contributed by atoms with Gasteiger partial charge in [0, 0.05) is 25.3 Å². The summed E-state index contributed by atoms with van der Waals surface area (Å²) in [4.78, 5) is 34.5. The molecule has 1 N–H and O–H groups in total. The van der Waals surface area contributed by atoms with Crippen LogP contribution in [0.2, 0.25) is 0 Å². The average molecular weight is 428 g/mol. The summed E-state index contributed by atoms with van der Waals surface area (Å²) in [6, 6.07) is 6.85. The van der Waals surface area contributed by atoms with Crippen LogP contribution in [0, 0.1) is 0 Å². The van der Waals surface area contributed by atoms with Crippen LogP contribution in [0.15, 0.2) is 35.7 Å². The number of benzene rings is 1. The van der Waals surface area contributed by atoms with Crippen LogP contribution in [-0.2, 0) is 4.79 Å². The number of nitrogens with one attached hydrogen (secondary N) is 1. The van der Waals surface area contributed by atoms with Crippen molar-refractivity contribution < 1.29 is 9.59 Å². The Morgan fingerprint density at radius 1 is 1.28 bits per heavy atom. The fourth-order valence-corrected chi connectivity index (χ4v) is 4.24. The molecule has 0 unspecified atom stereocenters. The Balaban J connectivity index is 1.49. The number of carbonyl (C=O) groups is 2. The Kier molecular flexibility index (Phi) is 5.16. The summed E-state index contributed by atoms with van der Waals surface area (Å²) in [5.74, 6) is -0.103. The van der Waals surface area contributed by atoms with Crippen LogP contribution in [-0.4, -0.2) is 56.1 Å². The minimum absolute atomic E-state index is 0.0512. The normalized spacial score (nSPS) is 11.1. The van der Waals surface area contributed by atoms with E-state index < -0.39 is 0 Å². The minimum Gasteiger partial charge on any atom is -0.354 e. The van der Waals surface area contributed by atoms with Crippen molar-refractivity contribution in [1.82, 2.24) is 24.6 Å². The number of anilines is 2. The molecule has 0 spiro atoms. The summed E-state index contributed by atoms with van der Waals surface area (Å²) in [5.41, 5.74) is 2.42. The molecule has 0 fully saturated rings. The molecule has 0 aliphatic heterocycles.